The lowest BCUT2D eigenvalue weighted by Gasteiger charge is -2.05. The topological polar surface area (TPSA) is 30.0 Å². The zero-order valence-electron chi connectivity index (χ0n) is 9.71. The van der Waals surface area contributed by atoms with Gasteiger partial charge in [-0.05, 0) is 17.7 Å². The van der Waals surface area contributed by atoms with E-state index in [9.17, 15) is 4.79 Å². The maximum absolute atomic E-state index is 11.0. The second-order valence-electron chi connectivity index (χ2n) is 4.12. The van der Waals surface area contributed by atoms with Crippen LogP contribution in [0.1, 0.15) is 10.4 Å². The van der Waals surface area contributed by atoms with Crippen molar-refractivity contribution in [2.45, 2.75) is 0 Å². The standard InChI is InChI=1S/C16H11NO/c18-11-13-6-1-3-7-15(13)14-9-12-5-2-4-8-16(12)17-10-14/h1-11H. The summed E-state index contributed by atoms with van der Waals surface area (Å²) in [6, 6.07) is 17.6. The highest BCUT2D eigenvalue weighted by Crippen LogP contribution is 2.24. The number of carbonyl (C=O) groups excluding carboxylic acids is 1. The van der Waals surface area contributed by atoms with Gasteiger partial charge in [0.25, 0.3) is 0 Å². The van der Waals surface area contributed by atoms with Gasteiger partial charge in [-0.25, -0.2) is 0 Å². The summed E-state index contributed by atoms with van der Waals surface area (Å²) < 4.78 is 0. The maximum Gasteiger partial charge on any atom is 0.150 e. The highest BCUT2D eigenvalue weighted by molar-refractivity contribution is 5.90. The molecule has 1 heterocycles. The van der Waals surface area contributed by atoms with Crippen LogP contribution >= 0.6 is 0 Å². The lowest BCUT2D eigenvalue weighted by molar-refractivity contribution is 0.112. The fourth-order valence-corrected chi connectivity index (χ4v) is 2.08. The number of aldehydes is 1. The van der Waals surface area contributed by atoms with Crippen molar-refractivity contribution in [3.05, 3.63) is 66.4 Å². The van der Waals surface area contributed by atoms with Crippen LogP contribution in [0, 0.1) is 0 Å². The normalized spacial score (nSPS) is 10.4. The first-order valence-corrected chi connectivity index (χ1v) is 5.78. The van der Waals surface area contributed by atoms with Gasteiger partial charge in [0.2, 0.25) is 0 Å². The lowest BCUT2D eigenvalue weighted by atomic mass is 10.0. The number of nitrogens with zero attached hydrogens (tertiary/aromatic N) is 1. The predicted octanol–water partition coefficient (Wildman–Crippen LogP) is 3.71. The molecule has 3 aromatic rings. The number of para-hydroxylation sites is 1. The van der Waals surface area contributed by atoms with Gasteiger partial charge in [-0.1, -0.05) is 42.5 Å². The minimum absolute atomic E-state index is 0.689. The minimum Gasteiger partial charge on any atom is -0.298 e. The zero-order valence-corrected chi connectivity index (χ0v) is 9.71. The zero-order chi connectivity index (χ0) is 12.4. The van der Waals surface area contributed by atoms with E-state index < -0.39 is 0 Å². The van der Waals surface area contributed by atoms with Crippen LogP contribution in [-0.2, 0) is 0 Å². The molecule has 0 aliphatic heterocycles. The third-order valence-corrected chi connectivity index (χ3v) is 2.99. The molecule has 0 saturated carbocycles. The molecule has 86 valence electrons. The van der Waals surface area contributed by atoms with E-state index >= 15 is 0 Å². The maximum atomic E-state index is 11.0. The number of carbonyl (C=O) groups is 1. The molecule has 0 aliphatic carbocycles. The molecule has 0 saturated heterocycles. The highest BCUT2D eigenvalue weighted by Gasteiger charge is 2.04. The summed E-state index contributed by atoms with van der Waals surface area (Å²) >= 11 is 0. The molecule has 0 spiro atoms. The van der Waals surface area contributed by atoms with Crippen molar-refractivity contribution in [2.24, 2.45) is 0 Å². The summed E-state index contributed by atoms with van der Waals surface area (Å²) in [5.41, 5.74) is 3.54. The molecule has 0 unspecified atom stereocenters. The van der Waals surface area contributed by atoms with Crippen LogP contribution in [0.5, 0.6) is 0 Å². The van der Waals surface area contributed by atoms with Gasteiger partial charge in [0.1, 0.15) is 0 Å². The Balaban J connectivity index is 2.22. The Labute approximate surface area is 105 Å². The van der Waals surface area contributed by atoms with Crippen LogP contribution in [0.2, 0.25) is 0 Å². The fourth-order valence-electron chi connectivity index (χ4n) is 2.08. The van der Waals surface area contributed by atoms with Crippen molar-refractivity contribution in [3.63, 3.8) is 0 Å². The Bertz CT molecular complexity index is 719. The van der Waals surface area contributed by atoms with E-state index in [-0.39, 0.29) is 0 Å². The number of hydrogen-bond donors (Lipinski definition) is 0. The van der Waals surface area contributed by atoms with Crippen molar-refractivity contribution in [1.82, 2.24) is 4.98 Å². The van der Waals surface area contributed by atoms with Crippen LogP contribution in [0.4, 0.5) is 0 Å². The SMILES string of the molecule is O=Cc1ccccc1-c1cnc2ccccc2c1. The molecule has 0 fully saturated rings. The smallest absolute Gasteiger partial charge is 0.150 e. The Morgan fingerprint density at radius 2 is 1.72 bits per heavy atom. The van der Waals surface area contributed by atoms with E-state index in [4.69, 9.17) is 0 Å². The molecule has 3 rings (SSSR count). The number of rotatable bonds is 2. The van der Waals surface area contributed by atoms with Gasteiger partial charge in [-0.15, -0.1) is 0 Å². The molecule has 2 heteroatoms. The van der Waals surface area contributed by atoms with Gasteiger partial charge >= 0.3 is 0 Å². The number of hydrogen-bond acceptors (Lipinski definition) is 2. The molecule has 0 atom stereocenters. The Morgan fingerprint density at radius 3 is 2.61 bits per heavy atom. The van der Waals surface area contributed by atoms with Crippen molar-refractivity contribution >= 4 is 17.2 Å². The lowest BCUT2D eigenvalue weighted by Crippen LogP contribution is -1.88. The minimum atomic E-state index is 0.689. The van der Waals surface area contributed by atoms with E-state index in [1.54, 1.807) is 0 Å². The van der Waals surface area contributed by atoms with Gasteiger partial charge in [0.15, 0.2) is 6.29 Å². The van der Waals surface area contributed by atoms with Crippen molar-refractivity contribution in [1.29, 1.82) is 0 Å². The second-order valence-corrected chi connectivity index (χ2v) is 4.12. The first-order valence-electron chi connectivity index (χ1n) is 5.78. The van der Waals surface area contributed by atoms with Crippen LogP contribution in [0.25, 0.3) is 22.0 Å². The largest absolute Gasteiger partial charge is 0.298 e. The molecule has 0 amide bonds. The van der Waals surface area contributed by atoms with E-state index in [2.05, 4.69) is 11.1 Å². The molecule has 2 nitrogen and oxygen atoms in total. The molecular weight excluding hydrogens is 222 g/mol. The number of pyridine rings is 1. The fraction of sp³-hybridized carbons (Fsp3) is 0. The Hall–Kier alpha value is -2.48. The van der Waals surface area contributed by atoms with Gasteiger partial charge in [0.05, 0.1) is 5.52 Å². The van der Waals surface area contributed by atoms with E-state index in [0.717, 1.165) is 28.3 Å². The molecule has 0 aliphatic rings. The van der Waals surface area contributed by atoms with Crippen LogP contribution in [-0.4, -0.2) is 11.3 Å². The molecule has 0 N–H and O–H groups in total. The number of aromatic nitrogens is 1. The van der Waals surface area contributed by atoms with E-state index in [1.165, 1.54) is 0 Å². The van der Waals surface area contributed by atoms with Gasteiger partial charge in [0, 0.05) is 22.7 Å². The summed E-state index contributed by atoms with van der Waals surface area (Å²) in [6.45, 7) is 0. The van der Waals surface area contributed by atoms with Crippen molar-refractivity contribution in [3.8, 4) is 11.1 Å². The first-order chi connectivity index (χ1) is 8.88. The third kappa shape index (κ3) is 1.78. The summed E-state index contributed by atoms with van der Waals surface area (Å²) in [7, 11) is 0. The molecule has 2 aromatic carbocycles. The van der Waals surface area contributed by atoms with Crippen molar-refractivity contribution in [2.75, 3.05) is 0 Å². The van der Waals surface area contributed by atoms with E-state index in [0.29, 0.717) is 5.56 Å². The van der Waals surface area contributed by atoms with Gasteiger partial charge in [-0.3, -0.25) is 9.78 Å². The van der Waals surface area contributed by atoms with Gasteiger partial charge < -0.3 is 0 Å². The van der Waals surface area contributed by atoms with Crippen molar-refractivity contribution < 1.29 is 4.79 Å². The molecule has 0 radical (unpaired) electrons. The third-order valence-electron chi connectivity index (χ3n) is 2.99. The number of fused-ring (bicyclic) bond motifs is 1. The predicted molar refractivity (Wildman–Crippen MR) is 72.6 cm³/mol. The average Bonchev–Trinajstić information content (AvgIpc) is 2.46. The molecule has 18 heavy (non-hydrogen) atoms. The summed E-state index contributed by atoms with van der Waals surface area (Å²) in [5, 5.41) is 1.08. The van der Waals surface area contributed by atoms with Gasteiger partial charge in [-0.2, -0.15) is 0 Å². The first kappa shape index (κ1) is 10.7. The second kappa shape index (κ2) is 4.41. The monoisotopic (exact) mass is 233 g/mol. The summed E-state index contributed by atoms with van der Waals surface area (Å²) in [5.74, 6) is 0. The summed E-state index contributed by atoms with van der Waals surface area (Å²) in [4.78, 5) is 15.5. The van der Waals surface area contributed by atoms with E-state index in [1.807, 2.05) is 54.7 Å². The molecular formula is C16H11NO. The average molecular weight is 233 g/mol. The van der Waals surface area contributed by atoms with Crippen LogP contribution in [0.3, 0.4) is 0 Å². The van der Waals surface area contributed by atoms with Crippen LogP contribution in [0.15, 0.2) is 60.8 Å². The quantitative estimate of drug-likeness (QED) is 0.631. The highest BCUT2D eigenvalue weighted by atomic mass is 16.1. The Kier molecular flexibility index (Phi) is 2.61. The molecule has 1 aromatic heterocycles. The Morgan fingerprint density at radius 1 is 0.944 bits per heavy atom. The molecule has 0 bridgehead atoms. The van der Waals surface area contributed by atoms with Crippen LogP contribution < -0.4 is 0 Å². The number of benzene rings is 2. The summed E-state index contributed by atoms with van der Waals surface area (Å²) in [6.07, 6.45) is 2.69.